The van der Waals surface area contributed by atoms with E-state index in [1.165, 1.54) is 6.92 Å². The van der Waals surface area contributed by atoms with Crippen molar-refractivity contribution in [1.82, 2.24) is 0 Å². The summed E-state index contributed by atoms with van der Waals surface area (Å²) in [5.74, 6) is 0.366. The lowest BCUT2D eigenvalue weighted by Crippen LogP contribution is -2.65. The molecule has 4 heteroatoms. The minimum Gasteiger partial charge on any atom is -0.462 e. The van der Waals surface area contributed by atoms with Gasteiger partial charge in [0.2, 0.25) is 0 Å². The van der Waals surface area contributed by atoms with Crippen LogP contribution in [0, 0.1) is 33.5 Å². The van der Waals surface area contributed by atoms with Crippen LogP contribution in [0.15, 0.2) is 0 Å². The van der Waals surface area contributed by atoms with Gasteiger partial charge in [-0.1, -0.05) is 27.7 Å². The number of carbonyl (C=O) groups excluding carboxylic acids is 1. The standard InChI is InChI=1S/C22H34O4/c1-12(23)25-16-7-8-19(2,3)13-6-9-22-11-20(4,17-18(22)26-17)15(24)10-14(22)21(13,16)5/h13-18,24H,6-11H2,1-5H3/t13-,14+,15-,16+,17+,18-,20+,21-,22+/m1/s1/i15D. The third-order valence-corrected chi connectivity index (χ3v) is 9.53. The summed E-state index contributed by atoms with van der Waals surface area (Å²) < 4.78 is 20.9. The highest BCUT2D eigenvalue weighted by atomic mass is 16.6. The van der Waals surface area contributed by atoms with Crippen molar-refractivity contribution in [3.05, 3.63) is 0 Å². The topological polar surface area (TPSA) is 59.1 Å². The fourth-order valence-electron chi connectivity index (χ4n) is 8.40. The Hall–Kier alpha value is -0.610. The highest BCUT2D eigenvalue weighted by Crippen LogP contribution is 2.78. The van der Waals surface area contributed by atoms with Crippen LogP contribution in [0.3, 0.4) is 0 Å². The van der Waals surface area contributed by atoms with Crippen molar-refractivity contribution in [2.24, 2.45) is 33.5 Å². The summed E-state index contributed by atoms with van der Waals surface area (Å²) in [5, 5.41) is 11.2. The largest absolute Gasteiger partial charge is 0.462 e. The van der Waals surface area contributed by atoms with Crippen LogP contribution in [0.25, 0.3) is 0 Å². The van der Waals surface area contributed by atoms with Crippen molar-refractivity contribution in [2.75, 3.05) is 0 Å². The molecule has 0 aromatic heterocycles. The quantitative estimate of drug-likeness (QED) is 0.570. The van der Waals surface area contributed by atoms with Crippen LogP contribution in [-0.4, -0.2) is 35.5 Å². The number of epoxide rings is 1. The van der Waals surface area contributed by atoms with Crippen molar-refractivity contribution in [2.45, 2.75) is 97.5 Å². The maximum absolute atomic E-state index is 11.9. The lowest BCUT2D eigenvalue weighted by molar-refractivity contribution is -0.238. The summed E-state index contributed by atoms with van der Waals surface area (Å²) in [7, 11) is 0. The maximum Gasteiger partial charge on any atom is 0.302 e. The van der Waals surface area contributed by atoms with Gasteiger partial charge in [0.1, 0.15) is 6.10 Å². The van der Waals surface area contributed by atoms with Gasteiger partial charge in [-0.05, 0) is 55.8 Å². The predicted molar refractivity (Wildman–Crippen MR) is 97.3 cm³/mol. The Morgan fingerprint density at radius 3 is 2.58 bits per heavy atom. The van der Waals surface area contributed by atoms with E-state index in [4.69, 9.17) is 10.8 Å². The molecule has 2 bridgehead atoms. The van der Waals surface area contributed by atoms with Gasteiger partial charge >= 0.3 is 5.97 Å². The number of hydrogen-bond donors (Lipinski definition) is 1. The monoisotopic (exact) mass is 363 g/mol. The summed E-state index contributed by atoms with van der Waals surface area (Å²) in [5.41, 5.74) is -0.485. The smallest absolute Gasteiger partial charge is 0.302 e. The van der Waals surface area contributed by atoms with Crippen molar-refractivity contribution in [3.8, 4) is 0 Å². The van der Waals surface area contributed by atoms with Crippen molar-refractivity contribution in [1.29, 1.82) is 0 Å². The molecular weight excluding hydrogens is 328 g/mol. The van der Waals surface area contributed by atoms with Gasteiger partial charge in [0.25, 0.3) is 0 Å². The third-order valence-electron chi connectivity index (χ3n) is 9.53. The average molecular weight is 364 g/mol. The lowest BCUT2D eigenvalue weighted by atomic mass is 9.39. The van der Waals surface area contributed by atoms with E-state index in [1.54, 1.807) is 0 Å². The van der Waals surface area contributed by atoms with Crippen molar-refractivity contribution < 1.29 is 20.7 Å². The first-order chi connectivity index (χ1) is 12.4. The van der Waals surface area contributed by atoms with Gasteiger partial charge < -0.3 is 14.6 Å². The number of hydrogen-bond acceptors (Lipinski definition) is 4. The number of carbonyl (C=O) groups is 1. The van der Waals surface area contributed by atoms with Gasteiger partial charge in [0.15, 0.2) is 0 Å². The van der Waals surface area contributed by atoms with E-state index >= 15 is 0 Å². The van der Waals surface area contributed by atoms with Crippen LogP contribution in [-0.2, 0) is 14.3 Å². The summed E-state index contributed by atoms with van der Waals surface area (Å²) in [6.45, 7) is 10.6. The van der Waals surface area contributed by atoms with Crippen LogP contribution < -0.4 is 0 Å². The Labute approximate surface area is 158 Å². The summed E-state index contributed by atoms with van der Waals surface area (Å²) in [6, 6.07) is 0. The molecule has 5 fully saturated rings. The zero-order chi connectivity index (χ0) is 19.6. The molecule has 1 N–H and O–H groups in total. The summed E-state index contributed by atoms with van der Waals surface area (Å²) in [4.78, 5) is 11.9. The molecule has 1 spiro atoms. The van der Waals surface area contributed by atoms with E-state index in [2.05, 4.69) is 27.7 Å². The van der Waals surface area contributed by atoms with E-state index in [1.807, 2.05) is 0 Å². The molecule has 1 aliphatic heterocycles. The molecule has 0 radical (unpaired) electrons. The number of esters is 1. The molecule has 9 atom stereocenters. The molecule has 0 aromatic rings. The molecule has 1 saturated heterocycles. The molecule has 4 nitrogen and oxygen atoms in total. The molecule has 0 aromatic carbocycles. The number of ether oxygens (including phenoxy) is 2. The van der Waals surface area contributed by atoms with Gasteiger partial charge in [-0.3, -0.25) is 4.79 Å². The molecule has 1 heterocycles. The second-order valence-corrected chi connectivity index (χ2v) is 11.1. The SMILES string of the molecule is [2H][C@@]1(O)C[C@@H]2[C@]3(CC[C@@H]4C(C)(C)CC[C@H](OC(C)=O)[C@]42C)C[C@]1(C)[C@H]1O[C@H]13. The number of aliphatic hydroxyl groups is 1. The van der Waals surface area contributed by atoms with E-state index < -0.39 is 11.5 Å². The Bertz CT molecular complexity index is 704. The van der Waals surface area contributed by atoms with E-state index in [0.29, 0.717) is 12.3 Å². The Morgan fingerprint density at radius 1 is 1.15 bits per heavy atom. The summed E-state index contributed by atoms with van der Waals surface area (Å²) in [6.07, 6.45) is 4.08. The molecule has 0 unspecified atom stereocenters. The van der Waals surface area contributed by atoms with Crippen molar-refractivity contribution >= 4 is 5.97 Å². The molecule has 26 heavy (non-hydrogen) atoms. The van der Waals surface area contributed by atoms with Crippen LogP contribution in [0.2, 0.25) is 0 Å². The van der Waals surface area contributed by atoms with E-state index in [0.717, 1.165) is 32.1 Å². The first kappa shape index (κ1) is 16.4. The average Bonchev–Trinajstić information content (AvgIpc) is 3.30. The van der Waals surface area contributed by atoms with Gasteiger partial charge in [0.05, 0.1) is 19.7 Å². The maximum atomic E-state index is 11.9. The number of fused-ring (bicyclic) bond motifs is 5. The molecular formula is C22H34O4. The first-order valence-electron chi connectivity index (χ1n) is 10.9. The van der Waals surface area contributed by atoms with E-state index in [9.17, 15) is 9.90 Å². The Kier molecular flexibility index (Phi) is 3.06. The fraction of sp³-hybridized carbons (Fsp3) is 0.955. The molecule has 0 amide bonds. The second kappa shape index (κ2) is 4.86. The predicted octanol–water partition coefficient (Wildman–Crippen LogP) is 3.70. The Balaban J connectivity index is 1.64. The highest BCUT2D eigenvalue weighted by molar-refractivity contribution is 5.66. The summed E-state index contributed by atoms with van der Waals surface area (Å²) >= 11 is 0. The Morgan fingerprint density at radius 2 is 1.88 bits per heavy atom. The van der Waals surface area contributed by atoms with Crippen LogP contribution in [0.5, 0.6) is 0 Å². The molecule has 4 aliphatic carbocycles. The van der Waals surface area contributed by atoms with E-state index in [-0.39, 0.29) is 46.4 Å². The molecule has 146 valence electrons. The van der Waals surface area contributed by atoms with Crippen molar-refractivity contribution in [3.63, 3.8) is 0 Å². The minimum absolute atomic E-state index is 0.0222. The molecule has 5 aliphatic rings. The number of rotatable bonds is 1. The zero-order valence-electron chi connectivity index (χ0n) is 17.8. The van der Waals surface area contributed by atoms with Gasteiger partial charge in [-0.15, -0.1) is 0 Å². The zero-order valence-corrected chi connectivity index (χ0v) is 16.8. The van der Waals surface area contributed by atoms with Crippen LogP contribution in [0.4, 0.5) is 0 Å². The van der Waals surface area contributed by atoms with Gasteiger partial charge in [-0.25, -0.2) is 0 Å². The van der Waals surface area contributed by atoms with Crippen LogP contribution in [0.1, 0.15) is 74.5 Å². The van der Waals surface area contributed by atoms with Gasteiger partial charge in [0, 0.05) is 23.2 Å². The molecule has 4 saturated carbocycles. The lowest BCUT2D eigenvalue weighted by Gasteiger charge is -2.66. The van der Waals surface area contributed by atoms with Gasteiger partial charge in [-0.2, -0.15) is 0 Å². The highest BCUT2D eigenvalue weighted by Gasteiger charge is 2.80. The first-order valence-corrected chi connectivity index (χ1v) is 10.4. The third kappa shape index (κ3) is 1.86. The van der Waals surface area contributed by atoms with Crippen LogP contribution >= 0.6 is 0 Å². The molecule has 5 rings (SSSR count). The fourth-order valence-corrected chi connectivity index (χ4v) is 8.40. The normalized spacial score (nSPS) is 62.4. The minimum atomic E-state index is -1.48. The second-order valence-electron chi connectivity index (χ2n) is 11.1.